The van der Waals surface area contributed by atoms with Gasteiger partial charge in [0.15, 0.2) is 0 Å². The van der Waals surface area contributed by atoms with E-state index in [2.05, 4.69) is 5.32 Å². The maximum atomic E-state index is 14.1. The monoisotopic (exact) mass is 396 g/mol. The molecule has 144 valence electrons. The van der Waals surface area contributed by atoms with Crippen LogP contribution in [0.2, 0.25) is 0 Å². The number of rotatable bonds is 7. The van der Waals surface area contributed by atoms with Crippen LogP contribution in [0.1, 0.15) is 17.4 Å². The largest absolute Gasteiger partial charge is 0.389 e. The molecule has 3 amide bonds. The third-order valence-electron chi connectivity index (χ3n) is 4.27. The Morgan fingerprint density at radius 3 is 2.81 bits per heavy atom. The van der Waals surface area contributed by atoms with Crippen LogP contribution in [0.15, 0.2) is 35.7 Å². The van der Waals surface area contributed by atoms with Crippen molar-refractivity contribution in [3.8, 4) is 0 Å². The molecule has 1 saturated heterocycles. The minimum atomic E-state index is -1.75. The first-order chi connectivity index (χ1) is 12.8. The molecule has 2 aromatic rings. The molecule has 0 saturated carbocycles. The van der Waals surface area contributed by atoms with E-state index in [1.165, 1.54) is 18.3 Å². The number of imide groups is 1. The van der Waals surface area contributed by atoms with Crippen LogP contribution in [-0.4, -0.2) is 41.2 Å². The summed E-state index contributed by atoms with van der Waals surface area (Å²) in [6.07, 6.45) is -1.11. The predicted molar refractivity (Wildman–Crippen MR) is 93.9 cm³/mol. The first-order valence-electron chi connectivity index (χ1n) is 8.19. The molecule has 9 heteroatoms. The van der Waals surface area contributed by atoms with Crippen LogP contribution in [0, 0.1) is 11.6 Å². The second-order valence-electron chi connectivity index (χ2n) is 6.34. The molecule has 1 aromatic heterocycles. The number of benzene rings is 1. The van der Waals surface area contributed by atoms with Gasteiger partial charge in [0.05, 0.1) is 25.9 Å². The number of amides is 3. The van der Waals surface area contributed by atoms with Crippen molar-refractivity contribution in [1.29, 1.82) is 0 Å². The summed E-state index contributed by atoms with van der Waals surface area (Å²) in [5.74, 6) is -2.31. The van der Waals surface area contributed by atoms with Gasteiger partial charge in [-0.25, -0.2) is 13.6 Å². The Hall–Kier alpha value is -2.36. The summed E-state index contributed by atoms with van der Waals surface area (Å²) in [6, 6.07) is 5.66. The number of halogens is 2. The average Bonchev–Trinajstić information content (AvgIpc) is 3.20. The van der Waals surface area contributed by atoms with Gasteiger partial charge < -0.3 is 15.2 Å². The van der Waals surface area contributed by atoms with E-state index >= 15 is 0 Å². The zero-order chi connectivity index (χ0) is 19.6. The SMILES string of the molecule is C[C@@]1(c2cc(F)ccc2F)NC(=O)N(C[C@H](O)COCc2cccs2)C1=O. The molecule has 2 N–H and O–H groups in total. The number of hydrogen-bond acceptors (Lipinski definition) is 5. The minimum Gasteiger partial charge on any atom is -0.389 e. The van der Waals surface area contributed by atoms with Crippen molar-refractivity contribution < 1.29 is 28.2 Å². The summed E-state index contributed by atoms with van der Waals surface area (Å²) in [5, 5.41) is 14.4. The molecule has 0 aliphatic carbocycles. The molecular weight excluding hydrogens is 378 g/mol. The average molecular weight is 396 g/mol. The Morgan fingerprint density at radius 2 is 2.11 bits per heavy atom. The number of β-amino-alcohol motifs (C(OH)–C–C–N with tert-alkyl or cyclic N) is 1. The highest BCUT2D eigenvalue weighted by Crippen LogP contribution is 2.31. The fraction of sp³-hybridized carbons (Fsp3) is 0.333. The van der Waals surface area contributed by atoms with E-state index < -0.39 is 35.2 Å². The van der Waals surface area contributed by atoms with Crippen molar-refractivity contribution in [2.75, 3.05) is 13.2 Å². The Kier molecular flexibility index (Phi) is 5.54. The number of hydrogen-bond donors (Lipinski definition) is 2. The van der Waals surface area contributed by atoms with Gasteiger partial charge in [0.2, 0.25) is 0 Å². The lowest BCUT2D eigenvalue weighted by molar-refractivity contribution is -0.132. The normalized spacial score (nSPS) is 20.8. The molecule has 0 spiro atoms. The highest BCUT2D eigenvalue weighted by molar-refractivity contribution is 7.09. The van der Waals surface area contributed by atoms with Gasteiger partial charge >= 0.3 is 6.03 Å². The highest BCUT2D eigenvalue weighted by Gasteiger charge is 2.50. The first kappa shape index (κ1) is 19.4. The molecule has 0 radical (unpaired) electrons. The van der Waals surface area contributed by atoms with Gasteiger partial charge in [-0.1, -0.05) is 6.07 Å². The van der Waals surface area contributed by atoms with Crippen molar-refractivity contribution in [2.45, 2.75) is 25.2 Å². The lowest BCUT2D eigenvalue weighted by Crippen LogP contribution is -2.43. The van der Waals surface area contributed by atoms with Gasteiger partial charge in [0.25, 0.3) is 5.91 Å². The van der Waals surface area contributed by atoms with Crippen molar-refractivity contribution in [2.24, 2.45) is 0 Å². The van der Waals surface area contributed by atoms with Crippen molar-refractivity contribution in [3.05, 3.63) is 57.8 Å². The Bertz CT molecular complexity index is 846. The standard InChI is InChI=1S/C18H18F2N2O4S/c1-18(14-7-11(19)4-5-15(14)20)16(24)22(17(25)21-18)8-12(23)9-26-10-13-3-2-6-27-13/h2-7,12,23H,8-10H2,1H3,(H,21,25)/t12-,18-/m0/s1. The van der Waals surface area contributed by atoms with E-state index in [1.807, 2.05) is 17.5 Å². The fourth-order valence-electron chi connectivity index (χ4n) is 2.88. The van der Waals surface area contributed by atoms with E-state index in [1.54, 1.807) is 0 Å². The van der Waals surface area contributed by atoms with Crippen LogP contribution in [0.25, 0.3) is 0 Å². The summed E-state index contributed by atoms with van der Waals surface area (Å²) < 4.78 is 33.0. The molecule has 1 aromatic carbocycles. The van der Waals surface area contributed by atoms with Gasteiger partial charge in [-0.15, -0.1) is 11.3 Å². The minimum absolute atomic E-state index is 0.0833. The molecule has 6 nitrogen and oxygen atoms in total. The molecule has 2 heterocycles. The molecular formula is C18H18F2N2O4S. The maximum Gasteiger partial charge on any atom is 0.325 e. The van der Waals surface area contributed by atoms with Crippen molar-refractivity contribution >= 4 is 23.3 Å². The van der Waals surface area contributed by atoms with E-state index in [4.69, 9.17) is 4.74 Å². The van der Waals surface area contributed by atoms with Crippen molar-refractivity contribution in [3.63, 3.8) is 0 Å². The maximum absolute atomic E-state index is 14.1. The lowest BCUT2D eigenvalue weighted by Gasteiger charge is -2.23. The fourth-order valence-corrected chi connectivity index (χ4v) is 3.52. The van der Waals surface area contributed by atoms with Crippen LogP contribution in [0.3, 0.4) is 0 Å². The molecule has 1 aliphatic heterocycles. The number of ether oxygens (including phenoxy) is 1. The second-order valence-corrected chi connectivity index (χ2v) is 7.38. The van der Waals surface area contributed by atoms with Crippen LogP contribution >= 0.6 is 11.3 Å². The van der Waals surface area contributed by atoms with Gasteiger partial charge in [0, 0.05) is 10.4 Å². The number of nitrogens with one attached hydrogen (secondary N) is 1. The van der Waals surface area contributed by atoms with Gasteiger partial charge in [0.1, 0.15) is 17.2 Å². The Balaban J connectivity index is 1.65. The van der Waals surface area contributed by atoms with Gasteiger partial charge in [-0.2, -0.15) is 0 Å². The van der Waals surface area contributed by atoms with E-state index in [0.717, 1.165) is 28.0 Å². The van der Waals surface area contributed by atoms with Crippen LogP contribution in [0.4, 0.5) is 13.6 Å². The Labute approximate surface area is 158 Å². The van der Waals surface area contributed by atoms with Crippen molar-refractivity contribution in [1.82, 2.24) is 10.2 Å². The van der Waals surface area contributed by atoms with Crippen LogP contribution < -0.4 is 5.32 Å². The number of aliphatic hydroxyl groups excluding tert-OH is 1. The molecule has 3 rings (SSSR count). The molecule has 2 atom stereocenters. The third-order valence-corrected chi connectivity index (χ3v) is 5.12. The summed E-state index contributed by atoms with van der Waals surface area (Å²) >= 11 is 1.51. The number of nitrogens with zero attached hydrogens (tertiary/aromatic N) is 1. The second kappa shape index (κ2) is 7.71. The number of aliphatic hydroxyl groups is 1. The smallest absolute Gasteiger partial charge is 0.325 e. The van der Waals surface area contributed by atoms with Crippen LogP contribution in [-0.2, 0) is 21.7 Å². The number of urea groups is 1. The quantitative estimate of drug-likeness (QED) is 0.705. The molecule has 0 unspecified atom stereocenters. The van der Waals surface area contributed by atoms with Crippen LogP contribution in [0.5, 0.6) is 0 Å². The van der Waals surface area contributed by atoms with Gasteiger partial charge in [-0.05, 0) is 36.6 Å². The Morgan fingerprint density at radius 1 is 1.33 bits per heavy atom. The molecule has 1 aliphatic rings. The number of thiophene rings is 1. The summed E-state index contributed by atoms with van der Waals surface area (Å²) in [6.45, 7) is 1.20. The molecule has 27 heavy (non-hydrogen) atoms. The number of carbonyl (C=O) groups is 2. The first-order valence-corrected chi connectivity index (χ1v) is 9.07. The predicted octanol–water partition coefficient (Wildman–Crippen LogP) is 2.37. The zero-order valence-electron chi connectivity index (χ0n) is 14.4. The van der Waals surface area contributed by atoms with E-state index in [-0.39, 0.29) is 18.7 Å². The molecule has 0 bridgehead atoms. The van der Waals surface area contributed by atoms with E-state index in [0.29, 0.717) is 6.61 Å². The topological polar surface area (TPSA) is 78.9 Å². The lowest BCUT2D eigenvalue weighted by atomic mass is 9.91. The number of carbonyl (C=O) groups excluding carboxylic acids is 2. The van der Waals surface area contributed by atoms with E-state index in [9.17, 15) is 23.5 Å². The summed E-state index contributed by atoms with van der Waals surface area (Å²) in [7, 11) is 0. The highest BCUT2D eigenvalue weighted by atomic mass is 32.1. The zero-order valence-corrected chi connectivity index (χ0v) is 15.3. The summed E-state index contributed by atoms with van der Waals surface area (Å²) in [4.78, 5) is 26.7. The molecule has 1 fully saturated rings. The summed E-state index contributed by atoms with van der Waals surface area (Å²) in [5.41, 5.74) is -2.02. The third kappa shape index (κ3) is 4.00. The van der Waals surface area contributed by atoms with Gasteiger partial charge in [-0.3, -0.25) is 9.69 Å².